The van der Waals surface area contributed by atoms with E-state index in [0.717, 1.165) is 18.4 Å². The number of allylic oxidation sites excluding steroid dienone is 1. The van der Waals surface area contributed by atoms with Gasteiger partial charge in [0.2, 0.25) is 5.88 Å². The third-order valence-corrected chi connectivity index (χ3v) is 5.89. The molecule has 33 heavy (non-hydrogen) atoms. The Balaban J connectivity index is 1.66. The molecule has 3 aromatic rings. The van der Waals surface area contributed by atoms with Crippen molar-refractivity contribution in [3.8, 4) is 11.6 Å². The number of nitrogens with one attached hydrogen (secondary N) is 1. The highest BCUT2D eigenvalue weighted by Crippen LogP contribution is 2.27. The SMILES string of the molecule is O=C(OCc1ccccc1)N1CCCCC1=Cc1c(O)n(-c2ccc(Cl)cc2)c(=S)[nH]c1=O. The fourth-order valence-electron chi connectivity index (χ4n) is 3.68. The van der Waals surface area contributed by atoms with Crippen LogP contribution in [0.15, 0.2) is 65.1 Å². The molecule has 1 fully saturated rings. The van der Waals surface area contributed by atoms with Crippen molar-refractivity contribution in [2.45, 2.75) is 25.9 Å². The number of amides is 1. The lowest BCUT2D eigenvalue weighted by molar-refractivity contribution is 0.102. The average molecular weight is 484 g/mol. The molecule has 0 radical (unpaired) electrons. The zero-order valence-electron chi connectivity index (χ0n) is 17.7. The summed E-state index contributed by atoms with van der Waals surface area (Å²) < 4.78 is 6.88. The molecule has 2 heterocycles. The van der Waals surface area contributed by atoms with Crippen LogP contribution in [0.4, 0.5) is 4.79 Å². The lowest BCUT2D eigenvalue weighted by Crippen LogP contribution is -2.34. The Hall–Kier alpha value is -3.36. The number of aromatic nitrogens is 2. The van der Waals surface area contributed by atoms with E-state index >= 15 is 0 Å². The van der Waals surface area contributed by atoms with Crippen LogP contribution < -0.4 is 5.56 Å². The minimum Gasteiger partial charge on any atom is -0.494 e. The summed E-state index contributed by atoms with van der Waals surface area (Å²) in [6, 6.07) is 16.1. The van der Waals surface area contributed by atoms with E-state index < -0.39 is 11.7 Å². The summed E-state index contributed by atoms with van der Waals surface area (Å²) in [6.45, 7) is 0.616. The highest BCUT2D eigenvalue weighted by atomic mass is 35.5. The van der Waals surface area contributed by atoms with Gasteiger partial charge in [0.05, 0.1) is 5.69 Å². The van der Waals surface area contributed by atoms with Crippen molar-refractivity contribution < 1.29 is 14.6 Å². The lowest BCUT2D eigenvalue weighted by Gasteiger charge is -2.29. The maximum absolute atomic E-state index is 12.8. The Bertz CT molecular complexity index is 1300. The second kappa shape index (κ2) is 10.1. The Morgan fingerprint density at radius 3 is 2.61 bits per heavy atom. The van der Waals surface area contributed by atoms with Gasteiger partial charge in [0.1, 0.15) is 12.2 Å². The zero-order valence-corrected chi connectivity index (χ0v) is 19.2. The van der Waals surface area contributed by atoms with Crippen LogP contribution in [0, 0.1) is 4.77 Å². The van der Waals surface area contributed by atoms with Crippen molar-refractivity contribution >= 4 is 36.0 Å². The molecule has 1 saturated heterocycles. The number of benzene rings is 2. The standard InChI is InChI=1S/C24H22ClN3O4S/c25-17-9-11-18(12-10-17)28-22(30)20(21(29)26-23(28)33)14-19-8-4-5-13-27(19)24(31)32-15-16-6-2-1-3-7-16/h1-3,6-7,9-12,14,30H,4-5,8,13,15H2,(H,26,29,33). The monoisotopic (exact) mass is 483 g/mol. The Kier molecular flexibility index (Phi) is 6.96. The van der Waals surface area contributed by atoms with Gasteiger partial charge in [-0.2, -0.15) is 0 Å². The first kappa shape index (κ1) is 22.8. The molecule has 170 valence electrons. The molecular formula is C24H22ClN3O4S. The average Bonchev–Trinajstić information content (AvgIpc) is 2.82. The number of likely N-dealkylation sites (tertiary alicyclic amines) is 1. The molecule has 2 N–H and O–H groups in total. The number of ether oxygens (including phenoxy) is 1. The number of rotatable bonds is 4. The van der Waals surface area contributed by atoms with E-state index in [0.29, 0.717) is 29.4 Å². The van der Waals surface area contributed by atoms with Crippen molar-refractivity contribution in [3.63, 3.8) is 0 Å². The number of aromatic amines is 1. The Morgan fingerprint density at radius 1 is 1.15 bits per heavy atom. The molecule has 0 bridgehead atoms. The van der Waals surface area contributed by atoms with E-state index in [1.165, 1.54) is 15.5 Å². The predicted molar refractivity (Wildman–Crippen MR) is 129 cm³/mol. The van der Waals surface area contributed by atoms with E-state index in [1.54, 1.807) is 24.3 Å². The van der Waals surface area contributed by atoms with Crippen LogP contribution in [-0.4, -0.2) is 32.2 Å². The highest BCUT2D eigenvalue weighted by molar-refractivity contribution is 7.71. The molecule has 4 rings (SSSR count). The lowest BCUT2D eigenvalue weighted by atomic mass is 10.1. The molecule has 2 aromatic carbocycles. The first-order chi connectivity index (χ1) is 15.9. The molecular weight excluding hydrogens is 462 g/mol. The van der Waals surface area contributed by atoms with Crippen LogP contribution in [0.5, 0.6) is 5.88 Å². The van der Waals surface area contributed by atoms with Crippen molar-refractivity contribution in [1.29, 1.82) is 0 Å². The largest absolute Gasteiger partial charge is 0.494 e. The minimum atomic E-state index is -0.543. The van der Waals surface area contributed by atoms with Gasteiger partial charge in [-0.05, 0) is 67.4 Å². The highest BCUT2D eigenvalue weighted by Gasteiger charge is 2.24. The number of nitrogens with zero attached hydrogens (tertiary/aromatic N) is 2. The van der Waals surface area contributed by atoms with Crippen LogP contribution in [-0.2, 0) is 11.3 Å². The molecule has 0 spiro atoms. The quantitative estimate of drug-likeness (QED) is 0.484. The smallest absolute Gasteiger partial charge is 0.414 e. The molecule has 1 aliphatic heterocycles. The number of carbonyl (C=O) groups excluding carboxylic acids is 1. The van der Waals surface area contributed by atoms with Gasteiger partial charge >= 0.3 is 6.09 Å². The third kappa shape index (κ3) is 5.18. The number of H-pyrrole nitrogens is 1. The second-order valence-corrected chi connectivity index (χ2v) is 8.42. The minimum absolute atomic E-state index is 0.0105. The maximum atomic E-state index is 12.8. The van der Waals surface area contributed by atoms with Crippen LogP contribution in [0.3, 0.4) is 0 Å². The molecule has 1 amide bonds. The summed E-state index contributed by atoms with van der Waals surface area (Å²) in [6.07, 6.45) is 3.26. The molecule has 0 atom stereocenters. The molecule has 0 aliphatic carbocycles. The third-order valence-electron chi connectivity index (χ3n) is 5.35. The number of piperidine rings is 1. The van der Waals surface area contributed by atoms with Crippen molar-refractivity contribution in [2.75, 3.05) is 6.54 Å². The van der Waals surface area contributed by atoms with Gasteiger partial charge < -0.3 is 9.84 Å². The van der Waals surface area contributed by atoms with Gasteiger partial charge in [0.25, 0.3) is 5.56 Å². The van der Waals surface area contributed by atoms with Crippen molar-refractivity contribution in [2.24, 2.45) is 0 Å². The summed E-state index contributed by atoms with van der Waals surface area (Å²) in [7, 11) is 0. The molecule has 9 heteroatoms. The van der Waals surface area contributed by atoms with E-state index in [1.807, 2.05) is 30.3 Å². The summed E-state index contributed by atoms with van der Waals surface area (Å²) in [5.74, 6) is -0.318. The molecule has 7 nitrogen and oxygen atoms in total. The zero-order chi connectivity index (χ0) is 23.4. The van der Waals surface area contributed by atoms with Crippen LogP contribution in [0.25, 0.3) is 11.8 Å². The number of carbonyl (C=O) groups is 1. The van der Waals surface area contributed by atoms with Crippen LogP contribution in [0.1, 0.15) is 30.4 Å². The van der Waals surface area contributed by atoms with Crippen LogP contribution >= 0.6 is 23.8 Å². The molecule has 1 aliphatic rings. The van der Waals surface area contributed by atoms with Gasteiger partial charge in [0.15, 0.2) is 4.77 Å². The first-order valence-electron chi connectivity index (χ1n) is 10.5. The number of halogens is 1. The maximum Gasteiger partial charge on any atom is 0.414 e. The van der Waals surface area contributed by atoms with Crippen LogP contribution in [0.2, 0.25) is 5.02 Å². The summed E-state index contributed by atoms with van der Waals surface area (Å²) in [5.41, 5.74) is 1.49. The van der Waals surface area contributed by atoms with E-state index in [9.17, 15) is 14.7 Å². The van der Waals surface area contributed by atoms with Gasteiger partial charge in [-0.25, -0.2) is 4.79 Å². The molecule has 0 saturated carbocycles. The summed E-state index contributed by atoms with van der Waals surface area (Å²) >= 11 is 11.2. The number of hydrogen-bond donors (Lipinski definition) is 2. The second-order valence-electron chi connectivity index (χ2n) is 7.59. The fraction of sp³-hybridized carbons (Fsp3) is 0.208. The van der Waals surface area contributed by atoms with Gasteiger partial charge in [-0.3, -0.25) is 19.2 Å². The van der Waals surface area contributed by atoms with Gasteiger partial charge in [-0.15, -0.1) is 0 Å². The Morgan fingerprint density at radius 2 is 1.88 bits per heavy atom. The van der Waals surface area contributed by atoms with Crippen molar-refractivity contribution in [3.05, 3.63) is 91.6 Å². The van der Waals surface area contributed by atoms with E-state index in [-0.39, 0.29) is 22.8 Å². The predicted octanol–water partition coefficient (Wildman–Crippen LogP) is 5.42. The van der Waals surface area contributed by atoms with E-state index in [4.69, 9.17) is 28.6 Å². The summed E-state index contributed by atoms with van der Waals surface area (Å²) in [5, 5.41) is 11.5. The van der Waals surface area contributed by atoms with Gasteiger partial charge in [-0.1, -0.05) is 41.9 Å². The molecule has 1 aromatic heterocycles. The normalized spacial score (nSPS) is 14.9. The Labute approximate surface area is 200 Å². The van der Waals surface area contributed by atoms with Gasteiger partial charge in [0, 0.05) is 17.3 Å². The summed E-state index contributed by atoms with van der Waals surface area (Å²) in [4.78, 5) is 29.6. The topological polar surface area (TPSA) is 87.6 Å². The first-order valence-corrected chi connectivity index (χ1v) is 11.3. The number of hydrogen-bond acceptors (Lipinski definition) is 5. The molecule has 0 unspecified atom stereocenters. The number of aromatic hydroxyl groups is 1. The fourth-order valence-corrected chi connectivity index (χ4v) is 4.09. The van der Waals surface area contributed by atoms with Crippen molar-refractivity contribution in [1.82, 2.24) is 14.5 Å². The van der Waals surface area contributed by atoms with E-state index in [2.05, 4.69) is 4.98 Å².